The zero-order valence-corrected chi connectivity index (χ0v) is 13.8. The Morgan fingerprint density at radius 2 is 2.24 bits per heavy atom. The standard InChI is InChI=1S/C13H14N2O3S3/c1-13(4-6-21(17,18)8-13)15-11(16)9-7-20-12(14-9)10-3-2-5-19-10/h2-3,5,7H,4,6,8H2,1H3,(H,15,16)/t13-/m1/s1. The molecule has 0 aliphatic carbocycles. The molecule has 1 saturated heterocycles. The second kappa shape index (κ2) is 5.19. The number of nitrogens with zero attached hydrogens (tertiary/aromatic N) is 1. The maximum atomic E-state index is 12.2. The summed E-state index contributed by atoms with van der Waals surface area (Å²) in [6.45, 7) is 1.77. The summed E-state index contributed by atoms with van der Waals surface area (Å²) in [6.07, 6.45) is 0.447. The van der Waals surface area contributed by atoms with Crippen molar-refractivity contribution < 1.29 is 13.2 Å². The minimum absolute atomic E-state index is 0.00629. The van der Waals surface area contributed by atoms with E-state index in [1.165, 1.54) is 11.3 Å². The molecule has 3 heterocycles. The maximum Gasteiger partial charge on any atom is 0.271 e. The topological polar surface area (TPSA) is 76.1 Å². The van der Waals surface area contributed by atoms with Crippen molar-refractivity contribution in [1.82, 2.24) is 10.3 Å². The molecule has 1 N–H and O–H groups in total. The summed E-state index contributed by atoms with van der Waals surface area (Å²) in [4.78, 5) is 17.6. The van der Waals surface area contributed by atoms with Gasteiger partial charge in [0, 0.05) is 5.38 Å². The smallest absolute Gasteiger partial charge is 0.271 e. The van der Waals surface area contributed by atoms with Crippen LogP contribution in [0.15, 0.2) is 22.9 Å². The fourth-order valence-electron chi connectivity index (χ4n) is 2.34. The minimum atomic E-state index is -3.04. The van der Waals surface area contributed by atoms with Crippen LogP contribution in [-0.2, 0) is 9.84 Å². The van der Waals surface area contributed by atoms with Crippen molar-refractivity contribution in [3.05, 3.63) is 28.6 Å². The lowest BCUT2D eigenvalue weighted by Crippen LogP contribution is -2.47. The van der Waals surface area contributed by atoms with Gasteiger partial charge in [0.25, 0.3) is 5.91 Å². The molecule has 5 nitrogen and oxygen atoms in total. The van der Waals surface area contributed by atoms with Crippen molar-refractivity contribution in [3.63, 3.8) is 0 Å². The number of amides is 1. The van der Waals surface area contributed by atoms with Gasteiger partial charge in [-0.25, -0.2) is 13.4 Å². The van der Waals surface area contributed by atoms with E-state index >= 15 is 0 Å². The summed E-state index contributed by atoms with van der Waals surface area (Å²) < 4.78 is 23.1. The first-order valence-corrected chi connectivity index (χ1v) is 9.97. The van der Waals surface area contributed by atoms with Gasteiger partial charge in [-0.1, -0.05) is 6.07 Å². The SMILES string of the molecule is C[C@@]1(NC(=O)c2csc(-c3cccs3)n2)CCS(=O)(=O)C1. The average molecular weight is 342 g/mol. The van der Waals surface area contributed by atoms with Gasteiger partial charge in [-0.3, -0.25) is 4.79 Å². The molecule has 0 radical (unpaired) electrons. The number of hydrogen-bond donors (Lipinski definition) is 1. The van der Waals surface area contributed by atoms with Crippen LogP contribution >= 0.6 is 22.7 Å². The largest absolute Gasteiger partial charge is 0.344 e. The van der Waals surface area contributed by atoms with Gasteiger partial charge in [0.2, 0.25) is 0 Å². The molecule has 0 bridgehead atoms. The number of thiophene rings is 1. The molecule has 112 valence electrons. The Kier molecular flexibility index (Phi) is 3.62. The van der Waals surface area contributed by atoms with E-state index in [9.17, 15) is 13.2 Å². The fraction of sp³-hybridized carbons (Fsp3) is 0.385. The molecule has 1 fully saturated rings. The number of sulfone groups is 1. The Hall–Kier alpha value is -1.25. The van der Waals surface area contributed by atoms with Crippen LogP contribution in [0.2, 0.25) is 0 Å². The lowest BCUT2D eigenvalue weighted by Gasteiger charge is -2.23. The van der Waals surface area contributed by atoms with E-state index in [0.29, 0.717) is 12.1 Å². The highest BCUT2D eigenvalue weighted by atomic mass is 32.2. The lowest BCUT2D eigenvalue weighted by atomic mass is 10.0. The molecule has 2 aromatic heterocycles. The highest BCUT2D eigenvalue weighted by molar-refractivity contribution is 7.91. The van der Waals surface area contributed by atoms with E-state index in [1.807, 2.05) is 17.5 Å². The van der Waals surface area contributed by atoms with E-state index in [2.05, 4.69) is 10.3 Å². The highest BCUT2D eigenvalue weighted by Crippen LogP contribution is 2.28. The molecule has 0 unspecified atom stereocenters. The summed E-state index contributed by atoms with van der Waals surface area (Å²) in [7, 11) is -3.04. The van der Waals surface area contributed by atoms with Gasteiger partial charge in [-0.2, -0.15) is 0 Å². The van der Waals surface area contributed by atoms with Crippen molar-refractivity contribution in [2.75, 3.05) is 11.5 Å². The lowest BCUT2D eigenvalue weighted by molar-refractivity contribution is 0.0911. The molecule has 3 rings (SSSR count). The molecular formula is C13H14N2O3S3. The van der Waals surface area contributed by atoms with Gasteiger partial charge < -0.3 is 5.32 Å². The molecule has 2 aromatic rings. The molecule has 1 aliphatic rings. The van der Waals surface area contributed by atoms with E-state index in [1.54, 1.807) is 23.6 Å². The van der Waals surface area contributed by atoms with Crippen LogP contribution in [0.1, 0.15) is 23.8 Å². The number of carbonyl (C=O) groups is 1. The van der Waals surface area contributed by atoms with Gasteiger partial charge >= 0.3 is 0 Å². The summed E-state index contributed by atoms with van der Waals surface area (Å²) in [6, 6.07) is 3.89. The van der Waals surface area contributed by atoms with Gasteiger partial charge in [0.05, 0.1) is 21.9 Å². The predicted octanol–water partition coefficient (Wildman–Crippen LogP) is 2.18. The first kappa shape index (κ1) is 14.7. The second-order valence-electron chi connectivity index (χ2n) is 5.37. The van der Waals surface area contributed by atoms with E-state index in [4.69, 9.17) is 0 Å². The van der Waals surface area contributed by atoms with Crippen molar-refractivity contribution in [1.29, 1.82) is 0 Å². The molecule has 1 atom stereocenters. The Morgan fingerprint density at radius 3 is 2.86 bits per heavy atom. The number of rotatable bonds is 3. The van der Waals surface area contributed by atoms with Crippen LogP contribution in [0.25, 0.3) is 9.88 Å². The van der Waals surface area contributed by atoms with Crippen LogP contribution in [0.5, 0.6) is 0 Å². The van der Waals surface area contributed by atoms with Crippen LogP contribution in [-0.4, -0.2) is 36.4 Å². The molecular weight excluding hydrogens is 328 g/mol. The van der Waals surface area contributed by atoms with E-state index in [0.717, 1.165) is 9.88 Å². The summed E-state index contributed by atoms with van der Waals surface area (Å²) in [5, 5.41) is 7.28. The van der Waals surface area contributed by atoms with Gasteiger partial charge in [-0.15, -0.1) is 22.7 Å². The Bertz CT molecular complexity index is 764. The average Bonchev–Trinajstić information content (AvgIpc) is 3.09. The monoisotopic (exact) mass is 342 g/mol. The van der Waals surface area contributed by atoms with Crippen LogP contribution in [0.4, 0.5) is 0 Å². The van der Waals surface area contributed by atoms with Crippen molar-refractivity contribution in [2.45, 2.75) is 18.9 Å². The quantitative estimate of drug-likeness (QED) is 0.927. The first-order chi connectivity index (χ1) is 9.87. The van der Waals surface area contributed by atoms with Gasteiger partial charge in [0.15, 0.2) is 9.84 Å². The van der Waals surface area contributed by atoms with Crippen LogP contribution in [0, 0.1) is 0 Å². The third kappa shape index (κ3) is 3.17. The highest BCUT2D eigenvalue weighted by Gasteiger charge is 2.39. The predicted molar refractivity (Wildman–Crippen MR) is 84.6 cm³/mol. The number of aromatic nitrogens is 1. The molecule has 1 amide bonds. The third-order valence-electron chi connectivity index (χ3n) is 3.39. The van der Waals surface area contributed by atoms with Crippen molar-refractivity contribution >= 4 is 38.4 Å². The Balaban J connectivity index is 1.75. The summed E-state index contributed by atoms with van der Waals surface area (Å²) in [5.74, 6) is -0.191. The van der Waals surface area contributed by atoms with E-state index in [-0.39, 0.29) is 17.4 Å². The number of carbonyl (C=O) groups excluding carboxylic acids is 1. The minimum Gasteiger partial charge on any atom is -0.344 e. The third-order valence-corrected chi connectivity index (χ3v) is 7.17. The van der Waals surface area contributed by atoms with E-state index < -0.39 is 15.4 Å². The number of thiazole rings is 1. The molecule has 21 heavy (non-hydrogen) atoms. The number of hydrogen-bond acceptors (Lipinski definition) is 6. The number of nitrogens with one attached hydrogen (secondary N) is 1. The molecule has 0 aromatic carbocycles. The molecule has 8 heteroatoms. The van der Waals surface area contributed by atoms with Crippen molar-refractivity contribution in [3.8, 4) is 9.88 Å². The van der Waals surface area contributed by atoms with Gasteiger partial charge in [0.1, 0.15) is 10.7 Å². The van der Waals surface area contributed by atoms with Crippen LogP contribution < -0.4 is 5.32 Å². The molecule has 0 saturated carbocycles. The normalized spacial score (nSPS) is 24.0. The zero-order chi connectivity index (χ0) is 15.1. The fourth-order valence-corrected chi connectivity index (χ4v) is 6.05. The van der Waals surface area contributed by atoms with Crippen molar-refractivity contribution in [2.24, 2.45) is 0 Å². The van der Waals surface area contributed by atoms with Gasteiger partial charge in [-0.05, 0) is 24.8 Å². The summed E-state index contributed by atoms with van der Waals surface area (Å²) in [5.41, 5.74) is -0.350. The molecule has 1 aliphatic heterocycles. The Labute approximate surface area is 131 Å². The Morgan fingerprint density at radius 1 is 1.43 bits per heavy atom. The van der Waals surface area contributed by atoms with Crippen LogP contribution in [0.3, 0.4) is 0 Å². The summed E-state index contributed by atoms with van der Waals surface area (Å²) >= 11 is 2.98. The molecule has 0 spiro atoms. The zero-order valence-electron chi connectivity index (χ0n) is 11.3. The second-order valence-corrected chi connectivity index (χ2v) is 9.36. The maximum absolute atomic E-state index is 12.2. The first-order valence-electron chi connectivity index (χ1n) is 6.39.